The zero-order valence-corrected chi connectivity index (χ0v) is 11.7. The Kier molecular flexibility index (Phi) is 5.50. The van der Waals surface area contributed by atoms with Crippen molar-refractivity contribution >= 4 is 23.1 Å². The first-order valence-corrected chi connectivity index (χ1v) is 6.37. The number of hydrogen-bond acceptors (Lipinski definition) is 2. The van der Waals surface area contributed by atoms with Crippen LogP contribution in [0.2, 0.25) is 0 Å². The lowest BCUT2D eigenvalue weighted by atomic mass is 9.97. The molecule has 1 rings (SSSR count). The molecular formula is C13H15F3N2OS. The van der Waals surface area contributed by atoms with Crippen LogP contribution >= 0.6 is 12.2 Å². The number of nitrogens with zero attached hydrogens (tertiary/aromatic N) is 1. The van der Waals surface area contributed by atoms with Crippen LogP contribution in [-0.2, 0) is 4.79 Å². The Morgan fingerprint density at radius 1 is 1.35 bits per heavy atom. The fourth-order valence-corrected chi connectivity index (χ4v) is 2.06. The summed E-state index contributed by atoms with van der Waals surface area (Å²) in [6.07, 6.45) is -4.46. The maximum Gasteiger partial charge on any atom is 0.406 e. The summed E-state index contributed by atoms with van der Waals surface area (Å²) in [6.45, 7) is 0.101. The van der Waals surface area contributed by atoms with Crippen LogP contribution in [0.3, 0.4) is 0 Å². The first kappa shape index (κ1) is 16.4. The Labute approximate surface area is 120 Å². The van der Waals surface area contributed by atoms with Crippen LogP contribution in [-0.4, -0.2) is 35.1 Å². The maximum atomic E-state index is 12.5. The van der Waals surface area contributed by atoms with Crippen LogP contribution < -0.4 is 5.73 Å². The van der Waals surface area contributed by atoms with Gasteiger partial charge in [-0.25, -0.2) is 0 Å². The molecule has 0 saturated carbocycles. The normalized spacial score (nSPS) is 12.8. The van der Waals surface area contributed by atoms with Gasteiger partial charge >= 0.3 is 6.18 Å². The highest BCUT2D eigenvalue weighted by molar-refractivity contribution is 7.80. The lowest BCUT2D eigenvalue weighted by molar-refractivity contribution is -0.160. The highest BCUT2D eigenvalue weighted by Crippen LogP contribution is 2.22. The topological polar surface area (TPSA) is 46.3 Å². The smallest absolute Gasteiger partial charge is 0.392 e. The fraction of sp³-hybridized carbons (Fsp3) is 0.385. The molecule has 1 unspecified atom stereocenters. The van der Waals surface area contributed by atoms with E-state index in [4.69, 9.17) is 18.0 Å². The van der Waals surface area contributed by atoms with E-state index in [-0.39, 0.29) is 11.5 Å². The minimum absolute atomic E-state index is 0.0652. The Balaban J connectivity index is 3.03. The summed E-state index contributed by atoms with van der Waals surface area (Å²) in [5, 5.41) is 0. The van der Waals surface area contributed by atoms with Gasteiger partial charge in [0.2, 0.25) is 5.91 Å². The van der Waals surface area contributed by atoms with Crippen molar-refractivity contribution in [2.45, 2.75) is 19.0 Å². The lowest BCUT2D eigenvalue weighted by Gasteiger charge is -2.26. The number of alkyl halides is 3. The Bertz CT molecular complexity index is 476. The van der Waals surface area contributed by atoms with Crippen LogP contribution in [0.5, 0.6) is 0 Å². The van der Waals surface area contributed by atoms with Crippen molar-refractivity contribution in [2.24, 2.45) is 5.73 Å². The third kappa shape index (κ3) is 4.48. The summed E-state index contributed by atoms with van der Waals surface area (Å²) >= 11 is 4.83. The van der Waals surface area contributed by atoms with Gasteiger partial charge < -0.3 is 10.6 Å². The molecule has 0 radical (unpaired) electrons. The number of benzene rings is 1. The van der Waals surface area contributed by atoms with Crippen LogP contribution in [0, 0.1) is 0 Å². The van der Waals surface area contributed by atoms with E-state index in [2.05, 4.69) is 0 Å². The van der Waals surface area contributed by atoms with Gasteiger partial charge in [-0.15, -0.1) is 0 Å². The number of thiocarbonyl (C=S) groups is 1. The third-order valence-electron chi connectivity index (χ3n) is 2.73. The molecule has 0 bridgehead atoms. The van der Waals surface area contributed by atoms with E-state index in [0.717, 1.165) is 0 Å². The molecule has 0 aromatic heterocycles. The molecule has 7 heteroatoms. The van der Waals surface area contributed by atoms with Crippen molar-refractivity contribution < 1.29 is 18.0 Å². The zero-order chi connectivity index (χ0) is 15.3. The first-order valence-electron chi connectivity index (χ1n) is 5.96. The standard InChI is InChI=1S/C13H15F3N2OS/c1-2-18(8-13(14,15)16)12(19)10(11(17)20)9-6-4-3-5-7-9/h3-7,10H,2,8H2,1H3,(H2,17,20). The molecule has 0 fully saturated rings. The van der Waals surface area contributed by atoms with E-state index in [1.165, 1.54) is 6.92 Å². The molecule has 0 aliphatic rings. The Morgan fingerprint density at radius 3 is 2.30 bits per heavy atom. The Hall–Kier alpha value is -1.63. The summed E-state index contributed by atoms with van der Waals surface area (Å²) < 4.78 is 37.4. The van der Waals surface area contributed by atoms with Gasteiger partial charge in [0, 0.05) is 6.54 Å². The molecule has 2 N–H and O–H groups in total. The van der Waals surface area contributed by atoms with Gasteiger partial charge in [0.1, 0.15) is 12.5 Å². The first-order chi connectivity index (χ1) is 9.26. The third-order valence-corrected chi connectivity index (χ3v) is 2.96. The second-order valence-electron chi connectivity index (χ2n) is 4.21. The second kappa shape index (κ2) is 6.69. The van der Waals surface area contributed by atoms with E-state index >= 15 is 0 Å². The number of nitrogens with two attached hydrogens (primary N) is 1. The van der Waals surface area contributed by atoms with Gasteiger partial charge in [-0.05, 0) is 12.5 Å². The number of carbonyl (C=O) groups excluding carboxylic acids is 1. The van der Waals surface area contributed by atoms with Gasteiger partial charge in [-0.2, -0.15) is 13.2 Å². The van der Waals surface area contributed by atoms with Gasteiger partial charge in [0.25, 0.3) is 0 Å². The maximum absolute atomic E-state index is 12.5. The van der Waals surface area contributed by atoms with Gasteiger partial charge in [0.15, 0.2) is 0 Å². The van der Waals surface area contributed by atoms with Crippen molar-refractivity contribution in [1.82, 2.24) is 4.90 Å². The highest BCUT2D eigenvalue weighted by atomic mass is 32.1. The zero-order valence-electron chi connectivity index (χ0n) is 10.9. The molecule has 1 aromatic carbocycles. The molecule has 20 heavy (non-hydrogen) atoms. The van der Waals surface area contributed by atoms with Crippen LogP contribution in [0.15, 0.2) is 30.3 Å². The molecular weight excluding hydrogens is 289 g/mol. The predicted octanol–water partition coefficient (Wildman–Crippen LogP) is 2.47. The lowest BCUT2D eigenvalue weighted by Crippen LogP contribution is -2.44. The van der Waals surface area contributed by atoms with E-state index in [9.17, 15) is 18.0 Å². The summed E-state index contributed by atoms with van der Waals surface area (Å²) in [4.78, 5) is 12.8. The van der Waals surface area contributed by atoms with E-state index < -0.39 is 24.5 Å². The Morgan fingerprint density at radius 2 is 1.90 bits per heavy atom. The van der Waals surface area contributed by atoms with Crippen LogP contribution in [0.25, 0.3) is 0 Å². The van der Waals surface area contributed by atoms with Gasteiger partial charge in [-0.3, -0.25) is 4.79 Å². The average molecular weight is 304 g/mol. The van der Waals surface area contributed by atoms with Crippen LogP contribution in [0.1, 0.15) is 18.4 Å². The molecule has 0 saturated heterocycles. The molecule has 0 spiro atoms. The second-order valence-corrected chi connectivity index (χ2v) is 4.69. The molecule has 1 aromatic rings. The van der Waals surface area contributed by atoms with E-state index in [1.54, 1.807) is 30.3 Å². The van der Waals surface area contributed by atoms with Crippen molar-refractivity contribution in [2.75, 3.05) is 13.1 Å². The SMILES string of the molecule is CCN(CC(F)(F)F)C(=O)C(C(N)=S)c1ccccc1. The quantitative estimate of drug-likeness (QED) is 0.850. The van der Waals surface area contributed by atoms with Crippen molar-refractivity contribution in [3.63, 3.8) is 0 Å². The molecule has 110 valence electrons. The molecule has 1 atom stereocenters. The summed E-state index contributed by atoms with van der Waals surface area (Å²) in [6, 6.07) is 8.31. The van der Waals surface area contributed by atoms with E-state index in [0.29, 0.717) is 10.5 Å². The number of likely N-dealkylation sites (N-methyl/N-ethyl adjacent to an activating group) is 1. The van der Waals surface area contributed by atoms with Crippen molar-refractivity contribution in [1.29, 1.82) is 0 Å². The van der Waals surface area contributed by atoms with Gasteiger partial charge in [-0.1, -0.05) is 42.5 Å². The van der Waals surface area contributed by atoms with E-state index in [1.807, 2.05) is 0 Å². The largest absolute Gasteiger partial charge is 0.406 e. The monoisotopic (exact) mass is 304 g/mol. The number of hydrogen-bond donors (Lipinski definition) is 1. The van der Waals surface area contributed by atoms with Crippen LogP contribution in [0.4, 0.5) is 13.2 Å². The minimum Gasteiger partial charge on any atom is -0.392 e. The highest BCUT2D eigenvalue weighted by Gasteiger charge is 2.35. The minimum atomic E-state index is -4.46. The van der Waals surface area contributed by atoms with Gasteiger partial charge in [0.05, 0.1) is 4.99 Å². The molecule has 0 heterocycles. The molecule has 0 aliphatic heterocycles. The average Bonchev–Trinajstić information content (AvgIpc) is 2.35. The number of halogens is 3. The van der Waals surface area contributed by atoms with Crippen molar-refractivity contribution in [3.8, 4) is 0 Å². The number of amides is 1. The molecule has 1 amide bonds. The number of carbonyl (C=O) groups is 1. The fourth-order valence-electron chi connectivity index (χ4n) is 1.82. The van der Waals surface area contributed by atoms with Crippen molar-refractivity contribution in [3.05, 3.63) is 35.9 Å². The number of rotatable bonds is 5. The summed E-state index contributed by atoms with van der Waals surface area (Å²) in [5.41, 5.74) is 6.02. The summed E-state index contributed by atoms with van der Waals surface area (Å²) in [5.74, 6) is -1.77. The summed E-state index contributed by atoms with van der Waals surface area (Å²) in [7, 11) is 0. The predicted molar refractivity (Wildman–Crippen MR) is 74.3 cm³/mol. The molecule has 3 nitrogen and oxygen atoms in total. The molecule has 0 aliphatic carbocycles.